The standard InChI is InChI=1S/C18H21N5O3/c1-13-19-16(18(25)21-14-4-3-5-15(10-14)26-2)11-17(20-13)23-8-6-22(12-24)7-9-23/h3-5,10-12H,6-9H2,1-2H3,(H,21,25). The third kappa shape index (κ3) is 4.08. The van der Waals surface area contributed by atoms with Gasteiger partial charge in [-0.25, -0.2) is 9.97 Å². The Bertz CT molecular complexity index is 803. The normalized spacial score (nSPS) is 14.1. The van der Waals surface area contributed by atoms with Gasteiger partial charge in [0.05, 0.1) is 7.11 Å². The zero-order valence-corrected chi connectivity index (χ0v) is 14.8. The minimum absolute atomic E-state index is 0.299. The summed E-state index contributed by atoms with van der Waals surface area (Å²) in [7, 11) is 1.57. The zero-order chi connectivity index (χ0) is 18.5. The fraction of sp³-hybridized carbons (Fsp3) is 0.333. The maximum atomic E-state index is 12.6. The molecule has 8 heteroatoms. The summed E-state index contributed by atoms with van der Waals surface area (Å²) in [6.07, 6.45) is 0.857. The van der Waals surface area contributed by atoms with Gasteiger partial charge in [0.2, 0.25) is 6.41 Å². The number of piperazine rings is 1. The molecule has 1 fully saturated rings. The maximum Gasteiger partial charge on any atom is 0.274 e. The number of methoxy groups -OCH3 is 1. The Morgan fingerprint density at radius 1 is 1.19 bits per heavy atom. The number of ether oxygens (including phenoxy) is 1. The van der Waals surface area contributed by atoms with Gasteiger partial charge in [0.1, 0.15) is 23.1 Å². The number of benzene rings is 1. The van der Waals surface area contributed by atoms with E-state index < -0.39 is 0 Å². The highest BCUT2D eigenvalue weighted by Gasteiger charge is 2.19. The van der Waals surface area contributed by atoms with Gasteiger partial charge in [0.25, 0.3) is 5.91 Å². The summed E-state index contributed by atoms with van der Waals surface area (Å²) in [5, 5.41) is 2.82. The van der Waals surface area contributed by atoms with Gasteiger partial charge in [0, 0.05) is 44.0 Å². The molecule has 1 N–H and O–H groups in total. The van der Waals surface area contributed by atoms with Gasteiger partial charge in [-0.1, -0.05) is 6.07 Å². The van der Waals surface area contributed by atoms with E-state index in [-0.39, 0.29) is 5.91 Å². The molecule has 8 nitrogen and oxygen atoms in total. The SMILES string of the molecule is COc1cccc(NC(=O)c2cc(N3CCN(C=O)CC3)nc(C)n2)c1. The van der Waals surface area contributed by atoms with E-state index in [0.29, 0.717) is 55.0 Å². The summed E-state index contributed by atoms with van der Waals surface area (Å²) in [6, 6.07) is 8.82. The molecule has 1 aliphatic heterocycles. The number of carbonyl (C=O) groups is 2. The topological polar surface area (TPSA) is 87.7 Å². The summed E-state index contributed by atoms with van der Waals surface area (Å²) in [5.41, 5.74) is 0.930. The molecule has 0 radical (unpaired) electrons. The van der Waals surface area contributed by atoms with E-state index in [1.165, 1.54) is 0 Å². The third-order valence-corrected chi connectivity index (χ3v) is 4.17. The van der Waals surface area contributed by atoms with Crippen LogP contribution in [0.3, 0.4) is 0 Å². The Labute approximate surface area is 151 Å². The minimum Gasteiger partial charge on any atom is -0.497 e. The number of aromatic nitrogens is 2. The van der Waals surface area contributed by atoms with Crippen molar-refractivity contribution in [2.45, 2.75) is 6.92 Å². The van der Waals surface area contributed by atoms with Crippen LogP contribution in [0.25, 0.3) is 0 Å². The van der Waals surface area contributed by atoms with Gasteiger partial charge in [-0.15, -0.1) is 0 Å². The van der Waals surface area contributed by atoms with Crippen molar-refractivity contribution in [3.63, 3.8) is 0 Å². The minimum atomic E-state index is -0.309. The van der Waals surface area contributed by atoms with E-state index >= 15 is 0 Å². The molecule has 1 aromatic carbocycles. The molecule has 0 atom stereocenters. The zero-order valence-electron chi connectivity index (χ0n) is 14.8. The van der Waals surface area contributed by atoms with Crippen LogP contribution < -0.4 is 15.0 Å². The van der Waals surface area contributed by atoms with E-state index in [9.17, 15) is 9.59 Å². The molecule has 0 spiro atoms. The lowest BCUT2D eigenvalue weighted by molar-refractivity contribution is -0.118. The Morgan fingerprint density at radius 3 is 2.65 bits per heavy atom. The first-order chi connectivity index (χ1) is 12.6. The number of carbonyl (C=O) groups excluding carboxylic acids is 2. The Balaban J connectivity index is 1.76. The van der Waals surface area contributed by atoms with Crippen molar-refractivity contribution in [3.05, 3.63) is 41.9 Å². The predicted molar refractivity (Wildman–Crippen MR) is 97.6 cm³/mol. The average Bonchev–Trinajstić information content (AvgIpc) is 2.67. The fourth-order valence-corrected chi connectivity index (χ4v) is 2.78. The largest absolute Gasteiger partial charge is 0.497 e. The van der Waals surface area contributed by atoms with Crippen molar-refractivity contribution < 1.29 is 14.3 Å². The lowest BCUT2D eigenvalue weighted by Crippen LogP contribution is -2.46. The van der Waals surface area contributed by atoms with Crippen LogP contribution in [-0.2, 0) is 4.79 Å². The van der Waals surface area contributed by atoms with Crippen LogP contribution in [0, 0.1) is 6.92 Å². The van der Waals surface area contributed by atoms with Gasteiger partial charge >= 0.3 is 0 Å². The number of nitrogens with zero attached hydrogens (tertiary/aromatic N) is 4. The Hall–Kier alpha value is -3.16. The van der Waals surface area contributed by atoms with Crippen molar-refractivity contribution >= 4 is 23.8 Å². The molecular formula is C18H21N5O3. The van der Waals surface area contributed by atoms with Gasteiger partial charge in [-0.05, 0) is 19.1 Å². The van der Waals surface area contributed by atoms with E-state index in [2.05, 4.69) is 20.2 Å². The number of amides is 2. The second kappa shape index (κ2) is 7.81. The molecule has 2 aromatic rings. The molecule has 0 unspecified atom stereocenters. The summed E-state index contributed by atoms with van der Waals surface area (Å²) in [4.78, 5) is 35.9. The highest BCUT2D eigenvalue weighted by Crippen LogP contribution is 2.19. The summed E-state index contributed by atoms with van der Waals surface area (Å²) in [6.45, 7) is 4.38. The number of hydrogen-bond donors (Lipinski definition) is 1. The summed E-state index contributed by atoms with van der Waals surface area (Å²) in [5.74, 6) is 1.57. The molecule has 2 amide bonds. The fourth-order valence-electron chi connectivity index (χ4n) is 2.78. The quantitative estimate of drug-likeness (QED) is 0.814. The lowest BCUT2D eigenvalue weighted by Gasteiger charge is -2.33. The van der Waals surface area contributed by atoms with E-state index in [0.717, 1.165) is 6.41 Å². The Morgan fingerprint density at radius 2 is 1.96 bits per heavy atom. The third-order valence-electron chi connectivity index (χ3n) is 4.17. The molecule has 0 aliphatic carbocycles. The Kier molecular flexibility index (Phi) is 5.31. The number of aryl methyl sites for hydroxylation is 1. The first kappa shape index (κ1) is 17.7. The molecule has 0 bridgehead atoms. The van der Waals surface area contributed by atoms with Gasteiger partial charge in [0.15, 0.2) is 0 Å². The van der Waals surface area contributed by atoms with Crippen molar-refractivity contribution in [1.82, 2.24) is 14.9 Å². The van der Waals surface area contributed by atoms with Gasteiger partial charge < -0.3 is 19.9 Å². The van der Waals surface area contributed by atoms with Crippen LogP contribution in [0.4, 0.5) is 11.5 Å². The summed E-state index contributed by atoms with van der Waals surface area (Å²) >= 11 is 0. The molecule has 0 saturated carbocycles. The van der Waals surface area contributed by atoms with Crippen molar-refractivity contribution in [3.8, 4) is 5.75 Å². The highest BCUT2D eigenvalue weighted by atomic mass is 16.5. The summed E-state index contributed by atoms with van der Waals surface area (Å²) < 4.78 is 5.17. The number of anilines is 2. The molecule has 1 aliphatic rings. The monoisotopic (exact) mass is 355 g/mol. The van der Waals surface area contributed by atoms with Crippen molar-refractivity contribution in [2.24, 2.45) is 0 Å². The molecule has 1 aromatic heterocycles. The lowest BCUT2D eigenvalue weighted by atomic mass is 10.2. The van der Waals surface area contributed by atoms with Crippen LogP contribution >= 0.6 is 0 Å². The number of hydrogen-bond acceptors (Lipinski definition) is 6. The molecule has 1 saturated heterocycles. The van der Waals surface area contributed by atoms with Crippen LogP contribution in [0.1, 0.15) is 16.3 Å². The van der Waals surface area contributed by atoms with Crippen LogP contribution in [0.2, 0.25) is 0 Å². The number of nitrogens with one attached hydrogen (secondary N) is 1. The smallest absolute Gasteiger partial charge is 0.274 e. The molecule has 3 rings (SSSR count). The van der Waals surface area contributed by atoms with Gasteiger partial charge in [-0.2, -0.15) is 0 Å². The first-order valence-electron chi connectivity index (χ1n) is 8.34. The van der Waals surface area contributed by atoms with E-state index in [1.54, 1.807) is 43.2 Å². The maximum absolute atomic E-state index is 12.6. The van der Waals surface area contributed by atoms with Crippen molar-refractivity contribution in [2.75, 3.05) is 43.5 Å². The van der Waals surface area contributed by atoms with Crippen LogP contribution in [0.5, 0.6) is 5.75 Å². The number of rotatable bonds is 5. The average molecular weight is 355 g/mol. The first-order valence-corrected chi connectivity index (χ1v) is 8.34. The molecule has 2 heterocycles. The van der Waals surface area contributed by atoms with E-state index in [1.807, 2.05) is 6.07 Å². The van der Waals surface area contributed by atoms with Crippen LogP contribution in [-0.4, -0.2) is 60.5 Å². The molecular weight excluding hydrogens is 334 g/mol. The van der Waals surface area contributed by atoms with E-state index in [4.69, 9.17) is 4.74 Å². The highest BCUT2D eigenvalue weighted by molar-refractivity contribution is 6.03. The van der Waals surface area contributed by atoms with Crippen LogP contribution in [0.15, 0.2) is 30.3 Å². The van der Waals surface area contributed by atoms with Gasteiger partial charge in [-0.3, -0.25) is 9.59 Å². The second-order valence-electron chi connectivity index (χ2n) is 5.97. The molecule has 26 heavy (non-hydrogen) atoms. The molecule has 136 valence electrons. The predicted octanol–water partition coefficient (Wildman–Crippen LogP) is 1.32. The second-order valence-corrected chi connectivity index (χ2v) is 5.97. The van der Waals surface area contributed by atoms with Crippen molar-refractivity contribution in [1.29, 1.82) is 0 Å².